The number of imidazole rings is 1. The second-order valence-corrected chi connectivity index (χ2v) is 6.99. The molecule has 0 fully saturated rings. The minimum atomic E-state index is 0.0117. The summed E-state index contributed by atoms with van der Waals surface area (Å²) in [6.45, 7) is 4.21. The van der Waals surface area contributed by atoms with Crippen LogP contribution in [-0.4, -0.2) is 15.5 Å². The molecule has 1 aromatic carbocycles. The van der Waals surface area contributed by atoms with Gasteiger partial charge in [-0.2, -0.15) is 0 Å². The highest BCUT2D eigenvalue weighted by Gasteiger charge is 2.11. The minimum absolute atomic E-state index is 0.0117. The highest BCUT2D eigenvalue weighted by Crippen LogP contribution is 2.34. The maximum Gasteiger partial charge on any atom is 0.224 e. The fraction of sp³-hybridized carbons (Fsp3) is 0.375. The van der Waals surface area contributed by atoms with Gasteiger partial charge in [0, 0.05) is 35.8 Å². The van der Waals surface area contributed by atoms with E-state index in [1.807, 2.05) is 29.9 Å². The largest absolute Gasteiger partial charge is 0.329 e. The molecule has 118 valence electrons. The summed E-state index contributed by atoms with van der Waals surface area (Å²) in [5.41, 5.74) is 0.731. The SMILES string of the molecule is CC(C)CCC(=O)Nc1cc(Cl)ccc1Sc1nccn1C. The van der Waals surface area contributed by atoms with Crippen molar-refractivity contribution in [3.63, 3.8) is 0 Å². The Hall–Kier alpha value is -1.46. The number of hydrogen-bond acceptors (Lipinski definition) is 3. The van der Waals surface area contributed by atoms with Gasteiger partial charge in [-0.3, -0.25) is 4.79 Å². The molecule has 6 heteroatoms. The Kier molecular flexibility index (Phi) is 5.91. The van der Waals surface area contributed by atoms with E-state index in [9.17, 15) is 4.79 Å². The molecule has 1 heterocycles. The van der Waals surface area contributed by atoms with E-state index in [1.54, 1.807) is 12.3 Å². The van der Waals surface area contributed by atoms with E-state index in [4.69, 9.17) is 11.6 Å². The summed E-state index contributed by atoms with van der Waals surface area (Å²) in [6, 6.07) is 5.50. The van der Waals surface area contributed by atoms with Gasteiger partial charge in [0.2, 0.25) is 5.91 Å². The van der Waals surface area contributed by atoms with E-state index in [-0.39, 0.29) is 5.91 Å². The average Bonchev–Trinajstić information content (AvgIpc) is 2.85. The molecule has 0 saturated heterocycles. The lowest BCUT2D eigenvalue weighted by atomic mass is 10.1. The summed E-state index contributed by atoms with van der Waals surface area (Å²) in [7, 11) is 1.94. The van der Waals surface area contributed by atoms with Crippen LogP contribution >= 0.6 is 23.4 Å². The second kappa shape index (κ2) is 7.70. The molecule has 0 aliphatic heterocycles. The molecule has 0 atom stereocenters. The molecule has 4 nitrogen and oxygen atoms in total. The van der Waals surface area contributed by atoms with E-state index in [1.165, 1.54) is 11.8 Å². The normalized spacial score (nSPS) is 11.0. The Morgan fingerprint density at radius 1 is 1.45 bits per heavy atom. The molecule has 0 aliphatic carbocycles. The number of benzene rings is 1. The van der Waals surface area contributed by atoms with Crippen LogP contribution < -0.4 is 5.32 Å². The summed E-state index contributed by atoms with van der Waals surface area (Å²) in [5, 5.41) is 4.42. The van der Waals surface area contributed by atoms with Gasteiger partial charge in [0.1, 0.15) is 0 Å². The number of nitrogens with one attached hydrogen (secondary N) is 1. The van der Waals surface area contributed by atoms with Gasteiger partial charge in [-0.25, -0.2) is 4.98 Å². The molecule has 2 aromatic rings. The average molecular weight is 338 g/mol. The summed E-state index contributed by atoms with van der Waals surface area (Å²) in [6.07, 6.45) is 5.02. The third-order valence-electron chi connectivity index (χ3n) is 3.14. The Bertz CT molecular complexity index is 655. The van der Waals surface area contributed by atoms with Gasteiger partial charge >= 0.3 is 0 Å². The van der Waals surface area contributed by atoms with Gasteiger partial charge < -0.3 is 9.88 Å². The smallest absolute Gasteiger partial charge is 0.224 e. The summed E-state index contributed by atoms with van der Waals surface area (Å²) in [5.74, 6) is 0.518. The van der Waals surface area contributed by atoms with E-state index in [0.717, 1.165) is 22.2 Å². The van der Waals surface area contributed by atoms with E-state index in [2.05, 4.69) is 24.1 Å². The predicted octanol–water partition coefficient (Wildman–Crippen LogP) is 4.60. The quantitative estimate of drug-likeness (QED) is 0.838. The molecular weight excluding hydrogens is 318 g/mol. The molecule has 0 spiro atoms. The summed E-state index contributed by atoms with van der Waals surface area (Å²) in [4.78, 5) is 17.3. The van der Waals surface area contributed by atoms with Crippen LogP contribution in [0.15, 0.2) is 40.6 Å². The Labute approximate surface area is 140 Å². The first-order valence-corrected chi connectivity index (χ1v) is 8.39. The van der Waals surface area contributed by atoms with Crippen molar-refractivity contribution in [1.82, 2.24) is 9.55 Å². The van der Waals surface area contributed by atoms with Gasteiger partial charge in [0.15, 0.2) is 5.16 Å². The molecular formula is C16H20ClN3OS. The number of rotatable bonds is 6. The number of halogens is 1. The number of aromatic nitrogens is 2. The highest BCUT2D eigenvalue weighted by atomic mass is 35.5. The first-order chi connectivity index (χ1) is 10.5. The van der Waals surface area contributed by atoms with Crippen LogP contribution in [0.25, 0.3) is 0 Å². The van der Waals surface area contributed by atoms with Gasteiger partial charge in [-0.15, -0.1) is 0 Å². The first kappa shape index (κ1) is 16.9. The molecule has 0 aliphatic rings. The molecule has 0 saturated carbocycles. The Morgan fingerprint density at radius 2 is 2.23 bits per heavy atom. The molecule has 2 rings (SSSR count). The van der Waals surface area contributed by atoms with E-state index >= 15 is 0 Å². The van der Waals surface area contributed by atoms with Crippen molar-refractivity contribution in [2.75, 3.05) is 5.32 Å². The molecule has 0 unspecified atom stereocenters. The van der Waals surface area contributed by atoms with Gasteiger partial charge in [0.05, 0.1) is 5.69 Å². The van der Waals surface area contributed by atoms with Crippen LogP contribution in [0.4, 0.5) is 5.69 Å². The fourth-order valence-electron chi connectivity index (χ4n) is 1.87. The zero-order chi connectivity index (χ0) is 16.1. The number of hydrogen-bond donors (Lipinski definition) is 1. The van der Waals surface area contributed by atoms with Crippen molar-refractivity contribution in [1.29, 1.82) is 0 Å². The van der Waals surface area contributed by atoms with E-state index < -0.39 is 0 Å². The second-order valence-electron chi connectivity index (χ2n) is 5.54. The maximum atomic E-state index is 12.1. The summed E-state index contributed by atoms with van der Waals surface area (Å²) >= 11 is 7.56. The van der Waals surface area contributed by atoms with Crippen LogP contribution in [0.3, 0.4) is 0 Å². The molecule has 0 radical (unpaired) electrons. The maximum absolute atomic E-state index is 12.1. The van der Waals surface area contributed by atoms with Crippen LogP contribution in [-0.2, 0) is 11.8 Å². The van der Waals surface area contributed by atoms with Gasteiger partial charge in [-0.1, -0.05) is 25.4 Å². The number of aryl methyl sites for hydroxylation is 1. The van der Waals surface area contributed by atoms with Crippen molar-refractivity contribution < 1.29 is 4.79 Å². The first-order valence-electron chi connectivity index (χ1n) is 7.20. The zero-order valence-corrected chi connectivity index (χ0v) is 14.5. The molecule has 1 N–H and O–H groups in total. The Morgan fingerprint density at radius 3 is 2.86 bits per heavy atom. The number of anilines is 1. The third-order valence-corrected chi connectivity index (χ3v) is 4.53. The summed E-state index contributed by atoms with van der Waals surface area (Å²) < 4.78 is 1.93. The topological polar surface area (TPSA) is 46.9 Å². The highest BCUT2D eigenvalue weighted by molar-refractivity contribution is 7.99. The third kappa shape index (κ3) is 4.78. The van der Waals surface area contributed by atoms with Gasteiger partial charge in [0.25, 0.3) is 0 Å². The minimum Gasteiger partial charge on any atom is -0.329 e. The van der Waals surface area contributed by atoms with Crippen molar-refractivity contribution in [2.24, 2.45) is 13.0 Å². The predicted molar refractivity (Wildman–Crippen MR) is 91.5 cm³/mol. The molecule has 1 amide bonds. The van der Waals surface area contributed by atoms with Crippen molar-refractivity contribution in [3.8, 4) is 0 Å². The van der Waals surface area contributed by atoms with Crippen LogP contribution in [0.1, 0.15) is 26.7 Å². The van der Waals surface area contributed by atoms with Crippen LogP contribution in [0.2, 0.25) is 5.02 Å². The lowest BCUT2D eigenvalue weighted by Crippen LogP contribution is -2.12. The van der Waals surface area contributed by atoms with Crippen LogP contribution in [0.5, 0.6) is 0 Å². The van der Waals surface area contributed by atoms with Crippen molar-refractivity contribution in [3.05, 3.63) is 35.6 Å². The number of amides is 1. The fourth-order valence-corrected chi connectivity index (χ4v) is 2.91. The Balaban J connectivity index is 2.14. The number of carbonyl (C=O) groups excluding carboxylic acids is 1. The van der Waals surface area contributed by atoms with Crippen molar-refractivity contribution in [2.45, 2.75) is 36.7 Å². The zero-order valence-electron chi connectivity index (χ0n) is 13.0. The monoisotopic (exact) mass is 337 g/mol. The van der Waals surface area contributed by atoms with E-state index in [0.29, 0.717) is 17.4 Å². The molecule has 1 aromatic heterocycles. The van der Waals surface area contributed by atoms with Crippen LogP contribution in [0, 0.1) is 5.92 Å². The number of carbonyl (C=O) groups is 1. The standard InChI is InChI=1S/C16H20ClN3OS/c1-11(2)4-7-15(21)19-13-10-12(17)5-6-14(13)22-16-18-8-9-20(16)3/h5-6,8-11H,4,7H2,1-3H3,(H,19,21). The molecule has 0 bridgehead atoms. The lowest BCUT2D eigenvalue weighted by molar-refractivity contribution is -0.116. The van der Waals surface area contributed by atoms with Crippen molar-refractivity contribution >= 4 is 35.0 Å². The molecule has 22 heavy (non-hydrogen) atoms. The van der Waals surface area contributed by atoms with Gasteiger partial charge in [-0.05, 0) is 42.3 Å². The lowest BCUT2D eigenvalue weighted by Gasteiger charge is -2.12. The number of nitrogens with zero attached hydrogens (tertiary/aromatic N) is 2.